The van der Waals surface area contributed by atoms with E-state index < -0.39 is 0 Å². The zero-order valence-corrected chi connectivity index (χ0v) is 29.5. The number of furan rings is 1. The van der Waals surface area contributed by atoms with Crippen LogP contribution in [0.4, 0.5) is 17.1 Å². The van der Waals surface area contributed by atoms with Crippen LogP contribution >= 0.6 is 11.3 Å². The highest BCUT2D eigenvalue weighted by Crippen LogP contribution is 2.48. The number of rotatable bonds is 5. The number of benzene rings is 9. The quantitative estimate of drug-likeness (QED) is 0.167. The van der Waals surface area contributed by atoms with E-state index in [9.17, 15) is 0 Å². The minimum Gasteiger partial charge on any atom is -0.456 e. The van der Waals surface area contributed by atoms with Gasteiger partial charge in [-0.2, -0.15) is 0 Å². The lowest BCUT2D eigenvalue weighted by molar-refractivity contribution is 0.669. The van der Waals surface area contributed by atoms with Crippen molar-refractivity contribution in [3.8, 4) is 22.3 Å². The summed E-state index contributed by atoms with van der Waals surface area (Å²) in [5, 5.41) is 9.77. The van der Waals surface area contributed by atoms with Gasteiger partial charge < -0.3 is 9.32 Å². The van der Waals surface area contributed by atoms with E-state index in [1.54, 1.807) is 0 Å². The van der Waals surface area contributed by atoms with Crippen LogP contribution in [0.3, 0.4) is 0 Å². The Morgan fingerprint density at radius 1 is 0.377 bits per heavy atom. The SMILES string of the molecule is c1cc(-c2cccc3sc4ccccc4c23)cc(N(c2ccccc2-c2cc3ccccc3c3ccccc23)c2cccc3oc4ccccc4c23)c1. The van der Waals surface area contributed by atoms with Gasteiger partial charge in [-0.15, -0.1) is 11.3 Å². The summed E-state index contributed by atoms with van der Waals surface area (Å²) in [7, 11) is 0. The summed E-state index contributed by atoms with van der Waals surface area (Å²) in [5.74, 6) is 0. The Morgan fingerprint density at radius 2 is 1.02 bits per heavy atom. The smallest absolute Gasteiger partial charge is 0.137 e. The molecule has 0 unspecified atom stereocenters. The lowest BCUT2D eigenvalue weighted by Crippen LogP contribution is -2.12. The Balaban J connectivity index is 1.21. The van der Waals surface area contributed by atoms with Crippen LogP contribution in [0, 0.1) is 0 Å². The Bertz CT molecular complexity index is 3200. The van der Waals surface area contributed by atoms with Gasteiger partial charge in [0.2, 0.25) is 0 Å². The molecule has 2 heterocycles. The Morgan fingerprint density at radius 3 is 1.94 bits per heavy atom. The van der Waals surface area contributed by atoms with Crippen molar-refractivity contribution in [1.82, 2.24) is 0 Å². The zero-order valence-electron chi connectivity index (χ0n) is 28.7. The first-order valence-corrected chi connectivity index (χ1v) is 18.8. The van der Waals surface area contributed by atoms with Gasteiger partial charge in [-0.25, -0.2) is 0 Å². The van der Waals surface area contributed by atoms with Gasteiger partial charge in [0, 0.05) is 36.8 Å². The zero-order chi connectivity index (χ0) is 34.9. The van der Waals surface area contributed by atoms with Crippen molar-refractivity contribution in [3.05, 3.63) is 188 Å². The predicted molar refractivity (Wildman–Crippen MR) is 227 cm³/mol. The molecule has 248 valence electrons. The fourth-order valence-corrected chi connectivity index (χ4v) is 9.48. The predicted octanol–water partition coefficient (Wildman–Crippen LogP) is 15.1. The molecule has 0 atom stereocenters. The van der Waals surface area contributed by atoms with Crippen molar-refractivity contribution in [2.24, 2.45) is 0 Å². The summed E-state index contributed by atoms with van der Waals surface area (Å²) in [6, 6.07) is 68.0. The van der Waals surface area contributed by atoms with E-state index in [1.807, 2.05) is 17.4 Å². The third kappa shape index (κ3) is 4.71. The van der Waals surface area contributed by atoms with Crippen LogP contribution in [0.15, 0.2) is 192 Å². The first-order chi connectivity index (χ1) is 26.3. The molecular weight excluding hydrogens is 663 g/mol. The molecule has 0 radical (unpaired) electrons. The highest BCUT2D eigenvalue weighted by atomic mass is 32.1. The Kier molecular flexibility index (Phi) is 6.76. The Hall–Kier alpha value is -6.68. The molecule has 11 aromatic rings. The van der Waals surface area contributed by atoms with Crippen molar-refractivity contribution in [2.75, 3.05) is 4.90 Å². The van der Waals surface area contributed by atoms with Crippen LogP contribution in [0.5, 0.6) is 0 Å². The van der Waals surface area contributed by atoms with Crippen molar-refractivity contribution in [3.63, 3.8) is 0 Å². The molecule has 2 aromatic heterocycles. The van der Waals surface area contributed by atoms with Crippen LogP contribution in [0.2, 0.25) is 0 Å². The second-order valence-electron chi connectivity index (χ2n) is 13.6. The molecule has 53 heavy (non-hydrogen) atoms. The number of hydrogen-bond donors (Lipinski definition) is 0. The van der Waals surface area contributed by atoms with Crippen LogP contribution in [-0.2, 0) is 0 Å². The molecule has 0 aliphatic rings. The third-order valence-electron chi connectivity index (χ3n) is 10.6. The van der Waals surface area contributed by atoms with E-state index in [-0.39, 0.29) is 0 Å². The number of para-hydroxylation sites is 2. The van der Waals surface area contributed by atoms with E-state index in [2.05, 4.69) is 187 Å². The normalized spacial score (nSPS) is 11.8. The summed E-state index contributed by atoms with van der Waals surface area (Å²) < 4.78 is 9.09. The molecule has 0 saturated heterocycles. The van der Waals surface area contributed by atoms with Crippen molar-refractivity contribution >= 4 is 92.1 Å². The fourth-order valence-electron chi connectivity index (χ4n) is 8.35. The van der Waals surface area contributed by atoms with Crippen LogP contribution in [0.25, 0.3) is 85.9 Å². The van der Waals surface area contributed by atoms with E-state index in [4.69, 9.17) is 4.42 Å². The molecule has 0 spiro atoms. The number of fused-ring (bicyclic) bond motifs is 9. The van der Waals surface area contributed by atoms with E-state index in [0.717, 1.165) is 44.6 Å². The van der Waals surface area contributed by atoms with Gasteiger partial charge in [0.1, 0.15) is 11.2 Å². The van der Waals surface area contributed by atoms with Gasteiger partial charge in [0.25, 0.3) is 0 Å². The van der Waals surface area contributed by atoms with E-state index in [1.165, 1.54) is 58.4 Å². The molecule has 2 nitrogen and oxygen atoms in total. The van der Waals surface area contributed by atoms with Gasteiger partial charge in [-0.3, -0.25) is 0 Å². The molecule has 9 aromatic carbocycles. The average Bonchev–Trinajstić information content (AvgIpc) is 3.80. The molecular formula is C50H31NOS. The molecule has 0 saturated carbocycles. The highest BCUT2D eigenvalue weighted by Gasteiger charge is 2.23. The lowest BCUT2D eigenvalue weighted by atomic mass is 9.92. The first-order valence-electron chi connectivity index (χ1n) is 18.0. The summed E-state index contributed by atoms with van der Waals surface area (Å²) in [4.78, 5) is 2.44. The van der Waals surface area contributed by atoms with Crippen LogP contribution in [-0.4, -0.2) is 0 Å². The molecule has 0 N–H and O–H groups in total. The topological polar surface area (TPSA) is 16.4 Å². The summed E-state index contributed by atoms with van der Waals surface area (Å²) in [6.45, 7) is 0. The largest absolute Gasteiger partial charge is 0.456 e. The van der Waals surface area contributed by atoms with Gasteiger partial charge in [0.15, 0.2) is 0 Å². The molecule has 0 aliphatic carbocycles. The number of nitrogens with zero attached hydrogens (tertiary/aromatic N) is 1. The average molecular weight is 694 g/mol. The van der Waals surface area contributed by atoms with Gasteiger partial charge in [-0.05, 0) is 92.8 Å². The summed E-state index contributed by atoms with van der Waals surface area (Å²) in [6.07, 6.45) is 0. The third-order valence-corrected chi connectivity index (χ3v) is 11.8. The second kappa shape index (κ2) is 11.9. The van der Waals surface area contributed by atoms with Gasteiger partial charge >= 0.3 is 0 Å². The standard InChI is InChI=1S/C50H31NOS/c1-2-17-35-33(14-1)31-42(38-19-4-3-18-37(35)38)39-20-5-8-24-43(39)51(44-25-13-27-46-50(44)40-21-6-9-26-45(40)52-46)34-16-11-15-32(30-34)36-23-12-29-48-49(36)41-22-7-10-28-47(41)53-48/h1-31H. The molecule has 11 rings (SSSR count). The maximum atomic E-state index is 6.48. The summed E-state index contributed by atoms with van der Waals surface area (Å²) >= 11 is 1.86. The van der Waals surface area contributed by atoms with Gasteiger partial charge in [-0.1, -0.05) is 133 Å². The lowest BCUT2D eigenvalue weighted by Gasteiger charge is -2.29. The summed E-state index contributed by atoms with van der Waals surface area (Å²) in [5.41, 5.74) is 9.78. The molecule has 3 heteroatoms. The van der Waals surface area contributed by atoms with Gasteiger partial charge in [0.05, 0.1) is 16.8 Å². The number of thiophene rings is 1. The number of anilines is 3. The monoisotopic (exact) mass is 693 g/mol. The minimum atomic E-state index is 0.869. The van der Waals surface area contributed by atoms with Crippen LogP contribution < -0.4 is 4.90 Å². The molecule has 0 bridgehead atoms. The minimum absolute atomic E-state index is 0.869. The fraction of sp³-hybridized carbons (Fsp3) is 0. The van der Waals surface area contributed by atoms with Crippen LogP contribution in [0.1, 0.15) is 0 Å². The second-order valence-corrected chi connectivity index (χ2v) is 14.7. The maximum Gasteiger partial charge on any atom is 0.137 e. The van der Waals surface area contributed by atoms with E-state index >= 15 is 0 Å². The molecule has 0 aliphatic heterocycles. The molecule has 0 amide bonds. The Labute approximate surface area is 310 Å². The number of hydrogen-bond acceptors (Lipinski definition) is 3. The molecule has 0 fully saturated rings. The van der Waals surface area contributed by atoms with Crippen molar-refractivity contribution in [1.29, 1.82) is 0 Å². The maximum absolute atomic E-state index is 6.48. The highest BCUT2D eigenvalue weighted by molar-refractivity contribution is 7.25. The van der Waals surface area contributed by atoms with Crippen molar-refractivity contribution < 1.29 is 4.42 Å². The van der Waals surface area contributed by atoms with E-state index in [0.29, 0.717) is 0 Å². The first kappa shape index (κ1) is 30.0. The van der Waals surface area contributed by atoms with Crippen molar-refractivity contribution in [2.45, 2.75) is 0 Å².